The van der Waals surface area contributed by atoms with Crippen LogP contribution in [0.3, 0.4) is 0 Å². The summed E-state index contributed by atoms with van der Waals surface area (Å²) in [6.45, 7) is 8.38. The molecule has 0 atom stereocenters. The van der Waals surface area contributed by atoms with Crippen LogP contribution in [0.1, 0.15) is 58.9 Å². The highest BCUT2D eigenvalue weighted by Crippen LogP contribution is 2.24. The third-order valence-corrected chi connectivity index (χ3v) is 5.96. The van der Waals surface area contributed by atoms with E-state index in [4.69, 9.17) is 0 Å². The molecule has 2 amide bonds. The van der Waals surface area contributed by atoms with Crippen LogP contribution < -0.4 is 10.0 Å². The Morgan fingerprint density at radius 1 is 1.04 bits per heavy atom. The standard InChI is InChI=1S/C18H28N2O3S/c1-13-5-9-15(10-6-13)19-17(21)20-24(22,23)16-11-7-14(8-12-16)18(2,3)4/h7-8,11-13,15H,5-6,9-10H2,1-4H3,(H2,19,20,21). The Morgan fingerprint density at radius 2 is 1.58 bits per heavy atom. The summed E-state index contributed by atoms with van der Waals surface area (Å²) in [4.78, 5) is 12.1. The minimum Gasteiger partial charge on any atom is -0.335 e. The molecule has 0 radical (unpaired) electrons. The maximum atomic E-state index is 12.3. The minimum atomic E-state index is -3.85. The largest absolute Gasteiger partial charge is 0.335 e. The minimum absolute atomic E-state index is 0.0504. The van der Waals surface area contributed by atoms with Crippen molar-refractivity contribution in [3.63, 3.8) is 0 Å². The number of hydrogen-bond donors (Lipinski definition) is 2. The number of hydrogen-bond acceptors (Lipinski definition) is 3. The number of urea groups is 1. The Kier molecular flexibility index (Phi) is 5.58. The number of rotatable bonds is 3. The highest BCUT2D eigenvalue weighted by atomic mass is 32.2. The summed E-state index contributed by atoms with van der Waals surface area (Å²) in [5, 5.41) is 2.77. The highest BCUT2D eigenvalue weighted by Gasteiger charge is 2.23. The molecule has 1 aliphatic carbocycles. The van der Waals surface area contributed by atoms with E-state index < -0.39 is 16.1 Å². The lowest BCUT2D eigenvalue weighted by molar-refractivity contribution is 0.233. The molecule has 0 heterocycles. The normalized spacial score (nSPS) is 22.0. The number of amides is 2. The van der Waals surface area contributed by atoms with Gasteiger partial charge in [0.1, 0.15) is 0 Å². The molecule has 1 aliphatic rings. The first kappa shape index (κ1) is 18.8. The fourth-order valence-corrected chi connectivity index (χ4v) is 3.85. The van der Waals surface area contributed by atoms with Gasteiger partial charge in [-0.05, 0) is 54.7 Å². The van der Waals surface area contributed by atoms with E-state index in [1.807, 2.05) is 0 Å². The average molecular weight is 353 g/mol. The molecule has 0 aliphatic heterocycles. The Labute approximate surface area is 145 Å². The van der Waals surface area contributed by atoms with Gasteiger partial charge >= 0.3 is 6.03 Å². The summed E-state index contributed by atoms with van der Waals surface area (Å²) in [5.74, 6) is 0.677. The van der Waals surface area contributed by atoms with Crippen molar-refractivity contribution in [3.05, 3.63) is 29.8 Å². The van der Waals surface area contributed by atoms with Crippen molar-refractivity contribution in [2.75, 3.05) is 0 Å². The zero-order valence-electron chi connectivity index (χ0n) is 14.9. The predicted octanol–water partition coefficient (Wildman–Crippen LogP) is 3.55. The summed E-state index contributed by atoms with van der Waals surface area (Å²) < 4.78 is 26.8. The van der Waals surface area contributed by atoms with E-state index in [1.54, 1.807) is 24.3 Å². The molecule has 0 unspecified atom stereocenters. The molecule has 0 bridgehead atoms. The van der Waals surface area contributed by atoms with Gasteiger partial charge in [0.15, 0.2) is 0 Å². The summed E-state index contributed by atoms with van der Waals surface area (Å²) in [5.41, 5.74) is 0.993. The van der Waals surface area contributed by atoms with E-state index in [2.05, 4.69) is 37.7 Å². The number of benzene rings is 1. The van der Waals surface area contributed by atoms with E-state index in [1.165, 1.54) is 0 Å². The molecule has 5 nitrogen and oxygen atoms in total. The highest BCUT2D eigenvalue weighted by molar-refractivity contribution is 7.90. The van der Waals surface area contributed by atoms with Crippen molar-refractivity contribution < 1.29 is 13.2 Å². The first-order valence-electron chi connectivity index (χ1n) is 8.52. The van der Waals surface area contributed by atoms with Gasteiger partial charge in [-0.15, -0.1) is 0 Å². The molecule has 0 spiro atoms. The second kappa shape index (κ2) is 7.13. The smallest absolute Gasteiger partial charge is 0.328 e. The molecule has 2 rings (SSSR count). The van der Waals surface area contributed by atoms with Crippen molar-refractivity contribution in [2.45, 2.75) is 69.7 Å². The SMILES string of the molecule is CC1CCC(NC(=O)NS(=O)(=O)c2ccc(C(C)(C)C)cc2)CC1. The summed E-state index contributed by atoms with van der Waals surface area (Å²) in [6, 6.07) is 6.06. The van der Waals surface area contributed by atoms with Crippen LogP contribution in [-0.2, 0) is 15.4 Å². The van der Waals surface area contributed by atoms with Crippen molar-refractivity contribution >= 4 is 16.1 Å². The van der Waals surface area contributed by atoms with Crippen LogP contribution in [0.4, 0.5) is 4.79 Å². The predicted molar refractivity (Wildman–Crippen MR) is 95.4 cm³/mol. The lowest BCUT2D eigenvalue weighted by Crippen LogP contribution is -2.45. The second-order valence-electron chi connectivity index (χ2n) is 7.81. The number of carbonyl (C=O) groups excluding carboxylic acids is 1. The molecule has 1 saturated carbocycles. The molecule has 1 fully saturated rings. The van der Waals surface area contributed by atoms with Gasteiger partial charge in [-0.1, -0.05) is 39.8 Å². The van der Waals surface area contributed by atoms with E-state index in [-0.39, 0.29) is 16.4 Å². The Morgan fingerprint density at radius 3 is 2.08 bits per heavy atom. The van der Waals surface area contributed by atoms with Crippen molar-refractivity contribution in [1.29, 1.82) is 0 Å². The van der Waals surface area contributed by atoms with Gasteiger partial charge in [0.05, 0.1) is 4.90 Å². The van der Waals surface area contributed by atoms with Crippen molar-refractivity contribution in [2.24, 2.45) is 5.92 Å². The molecule has 134 valence electrons. The van der Waals surface area contributed by atoms with E-state index in [9.17, 15) is 13.2 Å². The topological polar surface area (TPSA) is 75.3 Å². The first-order valence-corrected chi connectivity index (χ1v) is 10.00. The molecule has 0 aromatic heterocycles. The lowest BCUT2D eigenvalue weighted by atomic mass is 9.87. The summed E-state index contributed by atoms with van der Waals surface area (Å²) in [7, 11) is -3.85. The number of sulfonamides is 1. The monoisotopic (exact) mass is 352 g/mol. The van der Waals surface area contributed by atoms with E-state index >= 15 is 0 Å². The zero-order valence-corrected chi connectivity index (χ0v) is 15.7. The van der Waals surface area contributed by atoms with Crippen LogP contribution in [0.25, 0.3) is 0 Å². The molecule has 0 saturated heterocycles. The maximum Gasteiger partial charge on any atom is 0.328 e. The van der Waals surface area contributed by atoms with Gasteiger partial charge in [0, 0.05) is 6.04 Å². The van der Waals surface area contributed by atoms with E-state index in [0.717, 1.165) is 31.2 Å². The van der Waals surface area contributed by atoms with Gasteiger partial charge < -0.3 is 5.32 Å². The van der Waals surface area contributed by atoms with Gasteiger partial charge in [0.25, 0.3) is 10.0 Å². The van der Waals surface area contributed by atoms with Crippen LogP contribution in [0, 0.1) is 5.92 Å². The quantitative estimate of drug-likeness (QED) is 0.873. The number of carbonyl (C=O) groups is 1. The van der Waals surface area contributed by atoms with Crippen molar-refractivity contribution in [1.82, 2.24) is 10.0 Å². The molecule has 1 aromatic rings. The second-order valence-corrected chi connectivity index (χ2v) is 9.49. The zero-order chi connectivity index (χ0) is 18.0. The van der Waals surface area contributed by atoms with Gasteiger partial charge in [0.2, 0.25) is 0 Å². The Hall–Kier alpha value is -1.56. The van der Waals surface area contributed by atoms with Crippen LogP contribution in [0.2, 0.25) is 0 Å². The summed E-state index contributed by atoms with van der Waals surface area (Å²) >= 11 is 0. The van der Waals surface area contributed by atoms with E-state index in [0.29, 0.717) is 5.92 Å². The molecule has 6 heteroatoms. The first-order chi connectivity index (χ1) is 11.1. The molecular formula is C18H28N2O3S. The lowest BCUT2D eigenvalue weighted by Gasteiger charge is -2.26. The van der Waals surface area contributed by atoms with Gasteiger partial charge in [-0.2, -0.15) is 0 Å². The molecule has 1 aromatic carbocycles. The van der Waals surface area contributed by atoms with Crippen molar-refractivity contribution in [3.8, 4) is 0 Å². The maximum absolute atomic E-state index is 12.3. The Balaban J connectivity index is 1.98. The third kappa shape index (κ3) is 4.97. The fraction of sp³-hybridized carbons (Fsp3) is 0.611. The average Bonchev–Trinajstić information content (AvgIpc) is 2.48. The van der Waals surface area contributed by atoms with Crippen LogP contribution in [-0.4, -0.2) is 20.5 Å². The fourth-order valence-electron chi connectivity index (χ4n) is 2.93. The van der Waals surface area contributed by atoms with Crippen LogP contribution in [0.15, 0.2) is 29.2 Å². The van der Waals surface area contributed by atoms with Crippen LogP contribution >= 0.6 is 0 Å². The third-order valence-electron chi connectivity index (χ3n) is 4.61. The number of nitrogens with one attached hydrogen (secondary N) is 2. The molecule has 24 heavy (non-hydrogen) atoms. The van der Waals surface area contributed by atoms with Gasteiger partial charge in [-0.3, -0.25) is 0 Å². The van der Waals surface area contributed by atoms with Gasteiger partial charge in [-0.25, -0.2) is 17.9 Å². The summed E-state index contributed by atoms with van der Waals surface area (Å²) in [6.07, 6.45) is 3.92. The van der Waals surface area contributed by atoms with Crippen LogP contribution in [0.5, 0.6) is 0 Å². The molecule has 2 N–H and O–H groups in total. The molecular weight excluding hydrogens is 324 g/mol. The Bertz CT molecular complexity index is 667.